The maximum Gasteiger partial charge on any atom is 0.343 e. The first-order chi connectivity index (χ1) is 15.8. The number of nitrogens with one attached hydrogen (secondary N) is 1. The fourth-order valence-electron chi connectivity index (χ4n) is 3.07. The van der Waals surface area contributed by atoms with Crippen LogP contribution in [0, 0.1) is 10.1 Å². The Morgan fingerprint density at radius 2 is 1.73 bits per heavy atom. The van der Waals surface area contributed by atoms with Crippen molar-refractivity contribution in [1.29, 1.82) is 0 Å². The summed E-state index contributed by atoms with van der Waals surface area (Å²) in [6.07, 6.45) is 1.28. The molecule has 10 heteroatoms. The molecule has 2 amide bonds. The Morgan fingerprint density at radius 1 is 1.03 bits per heavy atom. The van der Waals surface area contributed by atoms with E-state index in [1.165, 1.54) is 48.5 Å². The maximum absolute atomic E-state index is 12.8. The maximum atomic E-state index is 12.8. The number of anilines is 1. The van der Waals surface area contributed by atoms with Gasteiger partial charge in [-0.1, -0.05) is 29.8 Å². The number of carbonyl (C=O) groups is 3. The molecule has 1 saturated heterocycles. The summed E-state index contributed by atoms with van der Waals surface area (Å²) in [6.45, 7) is 0. The van der Waals surface area contributed by atoms with Crippen LogP contribution in [0.5, 0.6) is 5.75 Å². The lowest BCUT2D eigenvalue weighted by atomic mass is 10.1. The van der Waals surface area contributed by atoms with Gasteiger partial charge in [-0.25, -0.2) is 9.80 Å². The van der Waals surface area contributed by atoms with Crippen molar-refractivity contribution in [2.45, 2.75) is 0 Å². The second kappa shape index (κ2) is 8.93. The molecule has 1 heterocycles. The molecule has 164 valence electrons. The fourth-order valence-corrected chi connectivity index (χ4v) is 3.26. The van der Waals surface area contributed by atoms with Gasteiger partial charge in [0, 0.05) is 22.7 Å². The van der Waals surface area contributed by atoms with Crippen LogP contribution in [0.25, 0.3) is 6.08 Å². The molecule has 0 saturated carbocycles. The van der Waals surface area contributed by atoms with Crippen LogP contribution in [0.15, 0.2) is 78.4 Å². The average Bonchev–Trinajstić information content (AvgIpc) is 3.09. The minimum atomic E-state index is -0.778. The molecule has 1 fully saturated rings. The normalized spacial score (nSPS) is 14.3. The molecule has 3 aromatic rings. The monoisotopic (exact) mass is 463 g/mol. The zero-order valence-corrected chi connectivity index (χ0v) is 17.5. The summed E-state index contributed by atoms with van der Waals surface area (Å²) in [4.78, 5) is 48.0. The smallest absolute Gasteiger partial charge is 0.343 e. The molecule has 0 bridgehead atoms. The Balaban J connectivity index is 1.62. The molecule has 0 atom stereocenters. The topological polar surface area (TPSA) is 119 Å². The fraction of sp³-hybridized carbons (Fsp3) is 0. The van der Waals surface area contributed by atoms with Gasteiger partial charge in [-0.15, -0.1) is 0 Å². The summed E-state index contributed by atoms with van der Waals surface area (Å²) >= 11 is 6.07. The lowest BCUT2D eigenvalue weighted by Gasteiger charge is -2.14. The van der Waals surface area contributed by atoms with E-state index >= 15 is 0 Å². The summed E-state index contributed by atoms with van der Waals surface area (Å²) in [5.74, 6) is -1.94. The van der Waals surface area contributed by atoms with E-state index in [0.29, 0.717) is 10.7 Å². The number of ether oxygens (including phenoxy) is 1. The Bertz CT molecular complexity index is 1310. The van der Waals surface area contributed by atoms with Crippen molar-refractivity contribution in [1.82, 2.24) is 5.43 Å². The summed E-state index contributed by atoms with van der Waals surface area (Å²) in [5, 5.41) is 12.2. The number of esters is 1. The first-order valence-corrected chi connectivity index (χ1v) is 9.89. The van der Waals surface area contributed by atoms with Crippen molar-refractivity contribution in [2.75, 3.05) is 5.01 Å². The van der Waals surface area contributed by atoms with Crippen molar-refractivity contribution in [2.24, 2.45) is 0 Å². The van der Waals surface area contributed by atoms with Crippen LogP contribution in [0.3, 0.4) is 0 Å². The molecule has 0 aromatic heterocycles. The van der Waals surface area contributed by atoms with Crippen molar-refractivity contribution in [3.63, 3.8) is 0 Å². The van der Waals surface area contributed by atoms with Crippen LogP contribution in [0.2, 0.25) is 5.02 Å². The van der Waals surface area contributed by atoms with Crippen LogP contribution >= 0.6 is 11.6 Å². The molecule has 33 heavy (non-hydrogen) atoms. The molecular formula is C23H14ClN3O6. The Kier molecular flexibility index (Phi) is 5.88. The first-order valence-electron chi connectivity index (χ1n) is 9.52. The Labute approximate surface area is 192 Å². The second-order valence-electron chi connectivity index (χ2n) is 6.85. The SMILES string of the molecule is O=C1NN(c2ccccc2)C(=O)C1=Cc1cc(Cl)ccc1OC(=O)c1ccc([N+](=O)[O-])cc1. The minimum absolute atomic E-state index is 0.0500. The van der Waals surface area contributed by atoms with Crippen LogP contribution < -0.4 is 15.2 Å². The molecule has 1 N–H and O–H groups in total. The predicted octanol–water partition coefficient (Wildman–Crippen LogP) is 3.93. The van der Waals surface area contributed by atoms with Gasteiger partial charge in [0.05, 0.1) is 16.2 Å². The number of hydrogen-bond donors (Lipinski definition) is 1. The Hall–Kier alpha value is -4.50. The third-order valence-electron chi connectivity index (χ3n) is 4.69. The zero-order valence-electron chi connectivity index (χ0n) is 16.7. The lowest BCUT2D eigenvalue weighted by Crippen LogP contribution is -2.35. The molecule has 4 rings (SSSR count). The van der Waals surface area contributed by atoms with E-state index in [1.807, 2.05) is 0 Å². The molecular weight excluding hydrogens is 450 g/mol. The van der Waals surface area contributed by atoms with E-state index in [9.17, 15) is 24.5 Å². The number of amides is 2. The number of rotatable bonds is 5. The van der Waals surface area contributed by atoms with Gasteiger partial charge in [-0.05, 0) is 48.5 Å². The molecule has 1 aliphatic heterocycles. The van der Waals surface area contributed by atoms with E-state index in [0.717, 1.165) is 5.01 Å². The molecule has 0 radical (unpaired) electrons. The predicted molar refractivity (Wildman–Crippen MR) is 120 cm³/mol. The summed E-state index contributed by atoms with van der Waals surface area (Å²) < 4.78 is 5.41. The van der Waals surface area contributed by atoms with E-state index in [-0.39, 0.29) is 28.1 Å². The highest BCUT2D eigenvalue weighted by atomic mass is 35.5. The standard InChI is InChI=1S/C23H14ClN3O6/c24-16-8-11-20(33-23(30)14-6-9-18(10-7-14)27(31)32)15(12-16)13-19-21(28)25-26(22(19)29)17-4-2-1-3-5-17/h1-13H,(H,25,28). The number of non-ortho nitro benzene ring substituents is 1. The molecule has 1 aliphatic rings. The van der Waals surface area contributed by atoms with E-state index in [1.54, 1.807) is 30.3 Å². The number of nitrogens with zero attached hydrogens (tertiary/aromatic N) is 2. The largest absolute Gasteiger partial charge is 0.422 e. The van der Waals surface area contributed by atoms with Crippen LogP contribution in [-0.4, -0.2) is 22.7 Å². The number of nitro benzene ring substituents is 1. The van der Waals surface area contributed by atoms with Gasteiger partial charge in [0.15, 0.2) is 0 Å². The van der Waals surface area contributed by atoms with E-state index in [2.05, 4.69) is 5.43 Å². The van der Waals surface area contributed by atoms with Gasteiger partial charge >= 0.3 is 5.97 Å². The van der Waals surface area contributed by atoms with E-state index in [4.69, 9.17) is 16.3 Å². The lowest BCUT2D eigenvalue weighted by molar-refractivity contribution is -0.384. The Morgan fingerprint density at radius 3 is 2.39 bits per heavy atom. The van der Waals surface area contributed by atoms with Crippen molar-refractivity contribution in [3.05, 3.63) is 105 Å². The van der Waals surface area contributed by atoms with Crippen molar-refractivity contribution in [3.8, 4) is 5.75 Å². The minimum Gasteiger partial charge on any atom is -0.422 e. The van der Waals surface area contributed by atoms with Gasteiger partial charge in [0.25, 0.3) is 17.5 Å². The van der Waals surface area contributed by atoms with Crippen LogP contribution in [0.4, 0.5) is 11.4 Å². The number of halogens is 1. The zero-order chi connectivity index (χ0) is 23.5. The highest BCUT2D eigenvalue weighted by molar-refractivity contribution is 6.32. The molecule has 0 aliphatic carbocycles. The summed E-state index contributed by atoms with van der Waals surface area (Å²) in [7, 11) is 0. The number of benzene rings is 3. The summed E-state index contributed by atoms with van der Waals surface area (Å²) in [5.41, 5.74) is 2.94. The highest BCUT2D eigenvalue weighted by Gasteiger charge is 2.34. The van der Waals surface area contributed by atoms with Crippen molar-refractivity contribution < 1.29 is 24.0 Å². The van der Waals surface area contributed by atoms with E-state index < -0.39 is 22.7 Å². The number of hydrogen-bond acceptors (Lipinski definition) is 6. The van der Waals surface area contributed by atoms with Crippen LogP contribution in [0.1, 0.15) is 15.9 Å². The van der Waals surface area contributed by atoms with Gasteiger partial charge in [-0.3, -0.25) is 25.1 Å². The highest BCUT2D eigenvalue weighted by Crippen LogP contribution is 2.28. The number of carbonyl (C=O) groups excluding carboxylic acids is 3. The number of para-hydroxylation sites is 1. The average molecular weight is 464 g/mol. The van der Waals surface area contributed by atoms with Gasteiger partial charge in [-0.2, -0.15) is 0 Å². The van der Waals surface area contributed by atoms with Crippen LogP contribution in [-0.2, 0) is 9.59 Å². The third-order valence-corrected chi connectivity index (χ3v) is 4.93. The third kappa shape index (κ3) is 4.58. The molecule has 9 nitrogen and oxygen atoms in total. The molecule has 3 aromatic carbocycles. The second-order valence-corrected chi connectivity index (χ2v) is 7.29. The molecule has 0 spiro atoms. The quantitative estimate of drug-likeness (QED) is 0.153. The molecule has 0 unspecified atom stereocenters. The number of hydrazine groups is 1. The summed E-state index contributed by atoms with van der Waals surface area (Å²) in [6, 6.07) is 17.8. The van der Waals surface area contributed by atoms with Gasteiger partial charge < -0.3 is 4.74 Å². The number of nitro groups is 1. The van der Waals surface area contributed by atoms with Gasteiger partial charge in [0.1, 0.15) is 11.3 Å². The van der Waals surface area contributed by atoms with Gasteiger partial charge in [0.2, 0.25) is 0 Å². The van der Waals surface area contributed by atoms with Crippen molar-refractivity contribution >= 4 is 46.8 Å². The first kappa shape index (κ1) is 21.7.